The highest BCUT2D eigenvalue weighted by Gasteiger charge is 2.34. The number of hydrogen-bond donors (Lipinski definition) is 2. The number of aliphatic hydroxyl groups excluding tert-OH is 1. The van der Waals surface area contributed by atoms with Crippen LogP contribution in [0.5, 0.6) is 0 Å². The van der Waals surface area contributed by atoms with Crippen LogP contribution in [0.4, 0.5) is 24.5 Å². The van der Waals surface area contributed by atoms with Crippen LogP contribution in [-0.4, -0.2) is 24.8 Å². The maximum absolute atomic E-state index is 12.8. The number of nitrogens with zero attached hydrogens (tertiary/aromatic N) is 1. The lowest BCUT2D eigenvalue weighted by molar-refractivity contribution is -0.136. The predicted molar refractivity (Wildman–Crippen MR) is 67.9 cm³/mol. The van der Waals surface area contributed by atoms with Crippen LogP contribution in [0.3, 0.4) is 0 Å². The monoisotopic (exact) mass is 274 g/mol. The summed E-state index contributed by atoms with van der Waals surface area (Å²) in [6.45, 7) is 1.52. The molecule has 106 valence electrons. The lowest BCUT2D eigenvalue weighted by Crippen LogP contribution is -2.21. The normalized spacial score (nSPS) is 20.0. The molecule has 0 aromatic heterocycles. The summed E-state index contributed by atoms with van der Waals surface area (Å²) in [5.74, 6) is 0.344. The molecule has 1 heterocycles. The number of nitrogen functional groups attached to an aromatic ring is 1. The second-order valence-corrected chi connectivity index (χ2v) is 4.88. The van der Waals surface area contributed by atoms with Crippen LogP contribution in [0.25, 0.3) is 0 Å². The number of rotatable bonds is 3. The zero-order valence-electron chi connectivity index (χ0n) is 10.5. The van der Waals surface area contributed by atoms with Gasteiger partial charge in [0.2, 0.25) is 0 Å². The number of hydrogen-bond acceptors (Lipinski definition) is 3. The Morgan fingerprint density at radius 2 is 2.11 bits per heavy atom. The first-order valence-corrected chi connectivity index (χ1v) is 6.24. The summed E-state index contributed by atoms with van der Waals surface area (Å²) in [5, 5.41) is 8.89. The average molecular weight is 274 g/mol. The Hall–Kier alpha value is -1.43. The highest BCUT2D eigenvalue weighted by molar-refractivity contribution is 5.60. The smallest absolute Gasteiger partial charge is 0.398 e. The van der Waals surface area contributed by atoms with Gasteiger partial charge in [-0.15, -0.1) is 0 Å². The first-order valence-electron chi connectivity index (χ1n) is 6.24. The molecule has 0 radical (unpaired) electrons. The van der Waals surface area contributed by atoms with Crippen molar-refractivity contribution in [1.29, 1.82) is 0 Å². The first kappa shape index (κ1) is 14.0. The zero-order chi connectivity index (χ0) is 14.0. The van der Waals surface area contributed by atoms with E-state index in [0.29, 0.717) is 31.1 Å². The minimum atomic E-state index is -4.43. The van der Waals surface area contributed by atoms with Crippen LogP contribution >= 0.6 is 0 Å². The Morgan fingerprint density at radius 1 is 1.37 bits per heavy atom. The lowest BCUT2D eigenvalue weighted by atomic mass is 10.1. The second kappa shape index (κ2) is 5.28. The fourth-order valence-corrected chi connectivity index (χ4v) is 2.47. The SMILES string of the molecule is Nc1ccc(N2CCC(CCO)C2)cc1C(F)(F)F. The summed E-state index contributed by atoms with van der Waals surface area (Å²) in [4.78, 5) is 1.91. The Balaban J connectivity index is 2.18. The molecule has 1 aromatic carbocycles. The molecule has 1 aliphatic heterocycles. The fraction of sp³-hybridized carbons (Fsp3) is 0.538. The number of alkyl halides is 3. The van der Waals surface area contributed by atoms with Gasteiger partial charge in [-0.3, -0.25) is 0 Å². The molecule has 0 saturated carbocycles. The fourth-order valence-electron chi connectivity index (χ4n) is 2.47. The second-order valence-electron chi connectivity index (χ2n) is 4.88. The van der Waals surface area contributed by atoms with Gasteiger partial charge in [-0.05, 0) is 37.0 Å². The van der Waals surface area contributed by atoms with E-state index in [1.54, 1.807) is 6.07 Å². The van der Waals surface area contributed by atoms with Gasteiger partial charge in [-0.2, -0.15) is 13.2 Å². The number of halogens is 3. The van der Waals surface area contributed by atoms with E-state index in [1.165, 1.54) is 6.07 Å². The van der Waals surface area contributed by atoms with Gasteiger partial charge in [0.1, 0.15) is 0 Å². The molecule has 0 bridgehead atoms. The predicted octanol–water partition coefficient (Wildman–Crippen LogP) is 2.50. The van der Waals surface area contributed by atoms with Gasteiger partial charge in [-0.25, -0.2) is 0 Å². The van der Waals surface area contributed by atoms with E-state index >= 15 is 0 Å². The van der Waals surface area contributed by atoms with E-state index in [2.05, 4.69) is 0 Å². The molecular weight excluding hydrogens is 257 g/mol. The van der Waals surface area contributed by atoms with Crippen molar-refractivity contribution in [3.63, 3.8) is 0 Å². The maximum Gasteiger partial charge on any atom is 0.418 e. The molecule has 1 aromatic rings. The minimum Gasteiger partial charge on any atom is -0.398 e. The Bertz CT molecular complexity index is 448. The summed E-state index contributed by atoms with van der Waals surface area (Å²) < 4.78 is 38.3. The molecule has 1 aliphatic rings. The van der Waals surface area contributed by atoms with E-state index in [-0.39, 0.29) is 12.3 Å². The van der Waals surface area contributed by atoms with Crippen molar-refractivity contribution in [2.45, 2.75) is 19.0 Å². The molecule has 0 amide bonds. The van der Waals surface area contributed by atoms with Crippen molar-refractivity contribution in [1.82, 2.24) is 0 Å². The van der Waals surface area contributed by atoms with E-state index in [0.717, 1.165) is 12.5 Å². The van der Waals surface area contributed by atoms with Crippen LogP contribution in [0, 0.1) is 5.92 Å². The Morgan fingerprint density at radius 3 is 2.74 bits per heavy atom. The van der Waals surface area contributed by atoms with Gasteiger partial charge in [-0.1, -0.05) is 0 Å². The molecule has 19 heavy (non-hydrogen) atoms. The van der Waals surface area contributed by atoms with Crippen LogP contribution in [0.1, 0.15) is 18.4 Å². The van der Waals surface area contributed by atoms with E-state index in [4.69, 9.17) is 10.8 Å². The largest absolute Gasteiger partial charge is 0.418 e. The molecule has 0 spiro atoms. The molecule has 3 nitrogen and oxygen atoms in total. The lowest BCUT2D eigenvalue weighted by Gasteiger charge is -2.21. The molecule has 1 fully saturated rings. The molecule has 3 N–H and O–H groups in total. The zero-order valence-corrected chi connectivity index (χ0v) is 10.5. The van der Waals surface area contributed by atoms with Crippen LogP contribution in [0.2, 0.25) is 0 Å². The minimum absolute atomic E-state index is 0.119. The van der Waals surface area contributed by atoms with Gasteiger partial charge in [0.15, 0.2) is 0 Å². The van der Waals surface area contributed by atoms with Crippen molar-refractivity contribution in [2.75, 3.05) is 30.3 Å². The van der Waals surface area contributed by atoms with Gasteiger partial charge in [0.25, 0.3) is 0 Å². The van der Waals surface area contributed by atoms with E-state index < -0.39 is 11.7 Å². The summed E-state index contributed by atoms with van der Waals surface area (Å²) in [6, 6.07) is 4.03. The summed E-state index contributed by atoms with van der Waals surface area (Å²) in [5.41, 5.74) is 4.89. The van der Waals surface area contributed by atoms with Gasteiger partial charge in [0, 0.05) is 31.1 Å². The highest BCUT2D eigenvalue weighted by Crippen LogP contribution is 2.37. The summed E-state index contributed by atoms with van der Waals surface area (Å²) in [7, 11) is 0. The van der Waals surface area contributed by atoms with E-state index in [1.807, 2.05) is 4.90 Å². The highest BCUT2D eigenvalue weighted by atomic mass is 19.4. The Kier molecular flexibility index (Phi) is 3.89. The van der Waals surface area contributed by atoms with Crippen molar-refractivity contribution in [2.24, 2.45) is 5.92 Å². The van der Waals surface area contributed by atoms with E-state index in [9.17, 15) is 13.2 Å². The number of anilines is 2. The molecule has 1 saturated heterocycles. The van der Waals surface area contributed by atoms with Crippen molar-refractivity contribution < 1.29 is 18.3 Å². The van der Waals surface area contributed by atoms with Crippen molar-refractivity contribution in [3.8, 4) is 0 Å². The third-order valence-corrected chi connectivity index (χ3v) is 3.53. The summed E-state index contributed by atoms with van der Waals surface area (Å²) >= 11 is 0. The topological polar surface area (TPSA) is 49.5 Å². The van der Waals surface area contributed by atoms with Gasteiger partial charge >= 0.3 is 6.18 Å². The third kappa shape index (κ3) is 3.12. The Labute approximate surface area is 109 Å². The standard InChI is InChI=1S/C13H17F3N2O/c14-13(15,16)11-7-10(1-2-12(11)17)18-5-3-9(8-18)4-6-19/h1-2,7,9,19H,3-6,8,17H2. The molecule has 2 rings (SSSR count). The number of benzene rings is 1. The number of nitrogens with two attached hydrogens (primary N) is 1. The molecular formula is C13H17F3N2O. The molecule has 1 atom stereocenters. The van der Waals surface area contributed by atoms with Crippen molar-refractivity contribution >= 4 is 11.4 Å². The van der Waals surface area contributed by atoms with Gasteiger partial charge in [0.05, 0.1) is 5.56 Å². The van der Waals surface area contributed by atoms with Crippen LogP contribution < -0.4 is 10.6 Å². The van der Waals surface area contributed by atoms with Gasteiger partial charge < -0.3 is 15.7 Å². The molecule has 1 unspecified atom stereocenters. The van der Waals surface area contributed by atoms with Crippen molar-refractivity contribution in [3.05, 3.63) is 23.8 Å². The number of aliphatic hydroxyl groups is 1. The molecule has 0 aliphatic carbocycles. The van der Waals surface area contributed by atoms with Crippen LogP contribution in [-0.2, 0) is 6.18 Å². The maximum atomic E-state index is 12.8. The molecule has 6 heteroatoms. The quantitative estimate of drug-likeness (QED) is 0.833. The first-order chi connectivity index (χ1) is 8.91. The average Bonchev–Trinajstić information content (AvgIpc) is 2.77. The third-order valence-electron chi connectivity index (χ3n) is 3.53. The summed E-state index contributed by atoms with van der Waals surface area (Å²) in [6.07, 6.45) is -2.84. The van der Waals surface area contributed by atoms with Crippen LogP contribution in [0.15, 0.2) is 18.2 Å².